The molecule has 0 amide bonds. The van der Waals surface area contributed by atoms with E-state index in [1.165, 1.54) is 41.2 Å². The van der Waals surface area contributed by atoms with Gasteiger partial charge in [0.2, 0.25) is 5.95 Å². The molecule has 4 aromatic heterocycles. The Kier molecular flexibility index (Phi) is 5.27. The third-order valence-electron chi connectivity index (χ3n) is 6.73. The van der Waals surface area contributed by atoms with Crippen molar-refractivity contribution in [2.45, 2.75) is 32.0 Å². The topological polar surface area (TPSA) is 147 Å². The quantitative estimate of drug-likeness (QED) is 0.336. The third kappa shape index (κ3) is 3.35. The normalized spacial score (nSPS) is 15.1. The van der Waals surface area contributed by atoms with Crippen molar-refractivity contribution >= 4 is 28.3 Å². The molecule has 1 aliphatic rings. The molecule has 0 radical (unpaired) electrons. The van der Waals surface area contributed by atoms with Crippen LogP contribution in [0.1, 0.15) is 12.8 Å². The highest BCUT2D eigenvalue weighted by Crippen LogP contribution is 2.24. The van der Waals surface area contributed by atoms with Crippen LogP contribution in [-0.4, -0.2) is 61.7 Å². The van der Waals surface area contributed by atoms with Gasteiger partial charge in [0.15, 0.2) is 22.3 Å². The summed E-state index contributed by atoms with van der Waals surface area (Å²) in [4.78, 5) is 61.3. The zero-order valence-corrected chi connectivity index (χ0v) is 20.0. The molecule has 14 heteroatoms. The minimum absolute atomic E-state index is 0.00152. The van der Waals surface area contributed by atoms with Crippen molar-refractivity contribution in [2.75, 3.05) is 18.0 Å². The summed E-state index contributed by atoms with van der Waals surface area (Å²) in [6, 6.07) is 0. The van der Waals surface area contributed by atoms with Crippen LogP contribution < -0.4 is 27.4 Å². The summed E-state index contributed by atoms with van der Waals surface area (Å²) in [5, 5.41) is 11.1. The largest absolute Gasteiger partial charge is 0.389 e. The van der Waals surface area contributed by atoms with Crippen LogP contribution in [0.4, 0.5) is 5.95 Å². The summed E-state index contributed by atoms with van der Waals surface area (Å²) >= 11 is 0. The summed E-state index contributed by atoms with van der Waals surface area (Å²) in [7, 11) is 5.88. The molecular weight excluding hydrogens is 458 g/mol. The van der Waals surface area contributed by atoms with E-state index < -0.39 is 28.6 Å². The molecule has 1 N–H and O–H groups in total. The van der Waals surface area contributed by atoms with E-state index in [0.717, 1.165) is 35.1 Å². The van der Waals surface area contributed by atoms with Crippen molar-refractivity contribution < 1.29 is 5.11 Å². The number of aryl methyl sites for hydroxylation is 2. The Hall–Kier alpha value is -3.94. The first-order chi connectivity index (χ1) is 16.6. The Morgan fingerprint density at radius 1 is 0.829 bits per heavy atom. The van der Waals surface area contributed by atoms with Crippen LogP contribution in [0.5, 0.6) is 0 Å². The lowest BCUT2D eigenvalue weighted by Gasteiger charge is -2.20. The van der Waals surface area contributed by atoms with Gasteiger partial charge in [0, 0.05) is 41.3 Å². The fourth-order valence-corrected chi connectivity index (χ4v) is 4.80. The van der Waals surface area contributed by atoms with Crippen LogP contribution >= 0.6 is 0 Å². The summed E-state index contributed by atoms with van der Waals surface area (Å²) < 4.78 is 7.77. The average molecular weight is 486 g/mol. The zero-order chi connectivity index (χ0) is 25.2. The molecule has 4 aromatic rings. The zero-order valence-electron chi connectivity index (χ0n) is 20.0. The van der Waals surface area contributed by atoms with Gasteiger partial charge < -0.3 is 19.1 Å². The molecule has 1 saturated heterocycles. The Balaban J connectivity index is 1.60. The smallest absolute Gasteiger partial charge is 0.332 e. The molecular formula is C21H27N9O5. The van der Waals surface area contributed by atoms with Crippen molar-refractivity contribution in [2.24, 2.45) is 28.2 Å². The Bertz CT molecular complexity index is 1710. The number of hydrogen-bond donors (Lipinski definition) is 1. The van der Waals surface area contributed by atoms with Crippen molar-refractivity contribution in [1.82, 2.24) is 37.4 Å². The number of fused-ring (bicyclic) bond motifs is 2. The van der Waals surface area contributed by atoms with Gasteiger partial charge in [-0.05, 0) is 12.8 Å². The highest BCUT2D eigenvalue weighted by molar-refractivity contribution is 5.74. The van der Waals surface area contributed by atoms with Crippen LogP contribution in [0.2, 0.25) is 0 Å². The monoisotopic (exact) mass is 485 g/mol. The number of rotatable bonds is 5. The molecule has 5 rings (SSSR count). The minimum Gasteiger partial charge on any atom is -0.389 e. The lowest BCUT2D eigenvalue weighted by atomic mass is 10.3. The van der Waals surface area contributed by atoms with Gasteiger partial charge in [0.1, 0.15) is 0 Å². The lowest BCUT2D eigenvalue weighted by Crippen LogP contribution is -2.38. The van der Waals surface area contributed by atoms with Gasteiger partial charge in [-0.2, -0.15) is 4.98 Å². The first-order valence-corrected chi connectivity index (χ1v) is 11.3. The predicted molar refractivity (Wildman–Crippen MR) is 128 cm³/mol. The van der Waals surface area contributed by atoms with Gasteiger partial charge in [-0.25, -0.2) is 14.6 Å². The molecule has 186 valence electrons. The van der Waals surface area contributed by atoms with E-state index >= 15 is 0 Å². The standard InChI is InChI=1S/C21H27N9O5/c1-24-15-13(17(32)26(3)20(24)34)29(11-22-15)9-12(31)10-30-14-16(23-19(30)28-7-5-6-8-28)25(2)21(35)27(4)18(14)33/h11-12,31H,5-10H2,1-4H3. The third-order valence-corrected chi connectivity index (χ3v) is 6.73. The van der Waals surface area contributed by atoms with E-state index in [9.17, 15) is 24.3 Å². The highest BCUT2D eigenvalue weighted by atomic mass is 16.3. The first kappa shape index (κ1) is 22.8. The SMILES string of the molecule is Cn1c(=O)c2c(ncn2CC(O)Cn2c(N3CCCC3)nc3c2c(=O)n(C)c(=O)n3C)n(C)c1=O. The summed E-state index contributed by atoms with van der Waals surface area (Å²) in [5.74, 6) is 0.517. The number of aliphatic hydroxyl groups is 1. The van der Waals surface area contributed by atoms with Gasteiger partial charge in [-0.15, -0.1) is 0 Å². The van der Waals surface area contributed by atoms with Crippen LogP contribution in [0.3, 0.4) is 0 Å². The molecule has 35 heavy (non-hydrogen) atoms. The second-order valence-electron chi connectivity index (χ2n) is 9.02. The van der Waals surface area contributed by atoms with Crippen LogP contribution in [0.25, 0.3) is 22.3 Å². The molecule has 14 nitrogen and oxygen atoms in total. The summed E-state index contributed by atoms with van der Waals surface area (Å²) in [5.41, 5.74) is -1.08. The molecule has 0 aliphatic carbocycles. The molecule has 1 unspecified atom stereocenters. The van der Waals surface area contributed by atoms with Crippen molar-refractivity contribution in [3.63, 3.8) is 0 Å². The van der Waals surface area contributed by atoms with E-state index in [1.807, 2.05) is 4.90 Å². The molecule has 0 aromatic carbocycles. The van der Waals surface area contributed by atoms with Crippen LogP contribution in [-0.2, 0) is 41.3 Å². The summed E-state index contributed by atoms with van der Waals surface area (Å²) in [6.07, 6.45) is 2.33. The summed E-state index contributed by atoms with van der Waals surface area (Å²) in [6.45, 7) is 1.50. The Labute approximate surface area is 197 Å². The Morgan fingerprint density at radius 3 is 2.03 bits per heavy atom. The number of anilines is 1. The Morgan fingerprint density at radius 2 is 1.40 bits per heavy atom. The molecule has 0 spiro atoms. The van der Waals surface area contributed by atoms with Crippen molar-refractivity contribution in [1.29, 1.82) is 0 Å². The number of aliphatic hydroxyl groups excluding tert-OH is 1. The second-order valence-corrected chi connectivity index (χ2v) is 9.02. The predicted octanol–water partition coefficient (Wildman–Crippen LogP) is -2.16. The number of nitrogens with zero attached hydrogens (tertiary/aromatic N) is 9. The number of aromatic nitrogens is 8. The molecule has 5 heterocycles. The molecule has 1 fully saturated rings. The maximum atomic E-state index is 13.1. The van der Waals surface area contributed by atoms with E-state index in [2.05, 4.69) is 9.97 Å². The molecule has 0 saturated carbocycles. The average Bonchev–Trinajstić information content (AvgIpc) is 3.57. The van der Waals surface area contributed by atoms with E-state index in [0.29, 0.717) is 5.95 Å². The number of hydrogen-bond acceptors (Lipinski definition) is 8. The number of imidazole rings is 2. The van der Waals surface area contributed by atoms with Gasteiger partial charge in [0.05, 0.1) is 25.5 Å². The van der Waals surface area contributed by atoms with Crippen LogP contribution in [0, 0.1) is 0 Å². The minimum atomic E-state index is -1.03. The maximum Gasteiger partial charge on any atom is 0.332 e. The molecule has 0 bridgehead atoms. The maximum absolute atomic E-state index is 13.1. The molecule has 1 aliphatic heterocycles. The van der Waals surface area contributed by atoms with Crippen molar-refractivity contribution in [3.8, 4) is 0 Å². The highest BCUT2D eigenvalue weighted by Gasteiger charge is 2.26. The van der Waals surface area contributed by atoms with Gasteiger partial charge in [0.25, 0.3) is 11.1 Å². The van der Waals surface area contributed by atoms with Crippen LogP contribution in [0.15, 0.2) is 25.5 Å². The van der Waals surface area contributed by atoms with E-state index in [-0.39, 0.29) is 35.4 Å². The van der Waals surface area contributed by atoms with Gasteiger partial charge in [-0.1, -0.05) is 0 Å². The molecule has 1 atom stereocenters. The van der Waals surface area contributed by atoms with Gasteiger partial charge in [-0.3, -0.25) is 27.9 Å². The fraction of sp³-hybridized carbons (Fsp3) is 0.524. The van der Waals surface area contributed by atoms with Crippen molar-refractivity contribution in [3.05, 3.63) is 48.0 Å². The van der Waals surface area contributed by atoms with Gasteiger partial charge >= 0.3 is 11.4 Å². The first-order valence-electron chi connectivity index (χ1n) is 11.3. The fourth-order valence-electron chi connectivity index (χ4n) is 4.80. The second kappa shape index (κ2) is 8.08. The lowest BCUT2D eigenvalue weighted by molar-refractivity contribution is 0.137. The van der Waals surface area contributed by atoms with E-state index in [1.54, 1.807) is 11.6 Å². The van der Waals surface area contributed by atoms with E-state index in [4.69, 9.17) is 0 Å².